The standard InChI is InChI=1S/C13H10ClN3O3S2/c14-10-4-1-3-9(7-10)13-16-11(20-17-13)8-15-22(18,19)12-5-2-6-21-12/h1-7,15H,8H2. The summed E-state index contributed by atoms with van der Waals surface area (Å²) in [7, 11) is -3.56. The van der Waals surface area contributed by atoms with Gasteiger partial charge in [0.15, 0.2) is 0 Å². The molecule has 2 heterocycles. The van der Waals surface area contributed by atoms with Crippen LogP contribution in [0.25, 0.3) is 11.4 Å². The molecule has 2 aromatic heterocycles. The van der Waals surface area contributed by atoms with Crippen molar-refractivity contribution >= 4 is 33.0 Å². The van der Waals surface area contributed by atoms with Crippen LogP contribution in [0.1, 0.15) is 5.89 Å². The van der Waals surface area contributed by atoms with Crippen LogP contribution in [0.3, 0.4) is 0 Å². The number of rotatable bonds is 5. The molecule has 1 N–H and O–H groups in total. The molecule has 0 aliphatic heterocycles. The molecule has 0 amide bonds. The van der Waals surface area contributed by atoms with Gasteiger partial charge in [0.2, 0.25) is 11.7 Å². The monoisotopic (exact) mass is 355 g/mol. The largest absolute Gasteiger partial charge is 0.338 e. The molecule has 0 unspecified atom stereocenters. The topological polar surface area (TPSA) is 85.1 Å². The molecule has 0 fully saturated rings. The Morgan fingerprint density at radius 3 is 2.86 bits per heavy atom. The molecular formula is C13H10ClN3O3S2. The normalized spacial score (nSPS) is 11.7. The smallest absolute Gasteiger partial charge is 0.250 e. The van der Waals surface area contributed by atoms with Crippen LogP contribution in [-0.4, -0.2) is 18.6 Å². The van der Waals surface area contributed by atoms with Crippen molar-refractivity contribution in [1.29, 1.82) is 0 Å². The lowest BCUT2D eigenvalue weighted by atomic mass is 10.2. The highest BCUT2D eigenvalue weighted by Gasteiger charge is 2.17. The van der Waals surface area contributed by atoms with Crippen molar-refractivity contribution in [2.24, 2.45) is 0 Å². The Hall–Kier alpha value is -1.74. The third-order valence-corrected chi connectivity index (χ3v) is 5.76. The van der Waals surface area contributed by atoms with Crippen LogP contribution in [0.4, 0.5) is 0 Å². The number of nitrogens with zero attached hydrogens (tertiary/aromatic N) is 2. The molecule has 6 nitrogen and oxygen atoms in total. The van der Waals surface area contributed by atoms with Crippen LogP contribution in [0.2, 0.25) is 5.02 Å². The Bertz CT molecular complexity index is 876. The Kier molecular flexibility index (Phi) is 4.25. The van der Waals surface area contributed by atoms with Crippen LogP contribution >= 0.6 is 22.9 Å². The van der Waals surface area contributed by atoms with Gasteiger partial charge in [-0.2, -0.15) is 4.98 Å². The first-order valence-corrected chi connectivity index (χ1v) is 8.90. The van der Waals surface area contributed by atoms with Gasteiger partial charge in [-0.25, -0.2) is 13.1 Å². The molecule has 0 atom stereocenters. The first-order chi connectivity index (χ1) is 10.5. The minimum Gasteiger partial charge on any atom is -0.338 e. The Balaban J connectivity index is 1.73. The molecule has 114 valence electrons. The van der Waals surface area contributed by atoms with Crippen molar-refractivity contribution in [3.63, 3.8) is 0 Å². The van der Waals surface area contributed by atoms with E-state index in [-0.39, 0.29) is 16.6 Å². The molecule has 9 heteroatoms. The summed E-state index contributed by atoms with van der Waals surface area (Å²) < 4.78 is 31.7. The molecule has 0 radical (unpaired) electrons. The minimum atomic E-state index is -3.56. The van der Waals surface area contributed by atoms with Gasteiger partial charge in [-0.1, -0.05) is 35.0 Å². The van der Waals surface area contributed by atoms with Crippen molar-refractivity contribution in [3.05, 3.63) is 52.7 Å². The highest BCUT2D eigenvalue weighted by Crippen LogP contribution is 2.20. The zero-order chi connectivity index (χ0) is 15.6. The highest BCUT2D eigenvalue weighted by molar-refractivity contribution is 7.91. The number of nitrogens with one attached hydrogen (secondary N) is 1. The van der Waals surface area contributed by atoms with Crippen molar-refractivity contribution in [3.8, 4) is 11.4 Å². The molecule has 3 rings (SSSR count). The number of halogens is 1. The van der Waals surface area contributed by atoms with Gasteiger partial charge >= 0.3 is 0 Å². The lowest BCUT2D eigenvalue weighted by molar-refractivity contribution is 0.376. The fourth-order valence-electron chi connectivity index (χ4n) is 1.72. The first-order valence-electron chi connectivity index (χ1n) is 6.16. The van der Waals surface area contributed by atoms with Gasteiger partial charge in [0.1, 0.15) is 4.21 Å². The maximum absolute atomic E-state index is 12.0. The number of hydrogen-bond donors (Lipinski definition) is 1. The molecule has 0 bridgehead atoms. The van der Waals surface area contributed by atoms with E-state index in [9.17, 15) is 8.42 Å². The fourth-order valence-corrected chi connectivity index (χ4v) is 3.92. The second kappa shape index (κ2) is 6.17. The van der Waals surface area contributed by atoms with Gasteiger partial charge in [-0.15, -0.1) is 11.3 Å². The van der Waals surface area contributed by atoms with E-state index >= 15 is 0 Å². The third kappa shape index (κ3) is 3.36. The van der Waals surface area contributed by atoms with E-state index in [0.29, 0.717) is 16.4 Å². The van der Waals surface area contributed by atoms with Crippen LogP contribution in [0, 0.1) is 0 Å². The highest BCUT2D eigenvalue weighted by atomic mass is 35.5. The molecule has 22 heavy (non-hydrogen) atoms. The van der Waals surface area contributed by atoms with Crippen molar-refractivity contribution in [1.82, 2.24) is 14.9 Å². The molecule has 0 aliphatic rings. The Morgan fingerprint density at radius 1 is 1.27 bits per heavy atom. The van der Waals surface area contributed by atoms with Gasteiger partial charge in [-0.05, 0) is 23.6 Å². The van der Waals surface area contributed by atoms with Gasteiger partial charge in [0.05, 0.1) is 6.54 Å². The first kappa shape index (κ1) is 15.2. The summed E-state index contributed by atoms with van der Waals surface area (Å²) in [6.45, 7) is -0.0756. The molecule has 0 spiro atoms. The Labute approximate surface area is 135 Å². The maximum atomic E-state index is 12.0. The maximum Gasteiger partial charge on any atom is 0.250 e. The number of sulfonamides is 1. The second-order valence-corrected chi connectivity index (χ2v) is 7.66. The quantitative estimate of drug-likeness (QED) is 0.760. The number of thiophene rings is 1. The molecule has 3 aromatic rings. The number of benzene rings is 1. The fraction of sp³-hybridized carbons (Fsp3) is 0.0769. The van der Waals surface area contributed by atoms with E-state index < -0.39 is 10.0 Å². The van der Waals surface area contributed by atoms with E-state index in [1.54, 1.807) is 35.7 Å². The van der Waals surface area contributed by atoms with Crippen molar-refractivity contribution in [2.75, 3.05) is 0 Å². The molecule has 0 saturated heterocycles. The van der Waals surface area contributed by atoms with Crippen LogP contribution in [0.15, 0.2) is 50.5 Å². The summed E-state index contributed by atoms with van der Waals surface area (Å²) in [5, 5.41) is 6.06. The van der Waals surface area contributed by atoms with Gasteiger partial charge in [0.25, 0.3) is 10.0 Å². The Morgan fingerprint density at radius 2 is 2.14 bits per heavy atom. The summed E-state index contributed by atoms with van der Waals surface area (Å²) in [5.74, 6) is 0.530. The van der Waals surface area contributed by atoms with Crippen LogP contribution < -0.4 is 4.72 Å². The zero-order valence-electron chi connectivity index (χ0n) is 11.1. The predicted octanol–water partition coefficient (Wildman–Crippen LogP) is 2.93. The molecule has 0 saturated carbocycles. The lowest BCUT2D eigenvalue weighted by Gasteiger charge is -2.00. The van der Waals surface area contributed by atoms with E-state index in [0.717, 1.165) is 11.3 Å². The molecular weight excluding hydrogens is 346 g/mol. The zero-order valence-corrected chi connectivity index (χ0v) is 13.5. The second-order valence-electron chi connectivity index (χ2n) is 4.28. The average molecular weight is 356 g/mol. The van der Waals surface area contributed by atoms with E-state index in [1.807, 2.05) is 0 Å². The minimum absolute atomic E-state index is 0.0756. The lowest BCUT2D eigenvalue weighted by Crippen LogP contribution is -2.22. The van der Waals surface area contributed by atoms with Gasteiger partial charge in [-0.3, -0.25) is 0 Å². The van der Waals surface area contributed by atoms with Crippen molar-refractivity contribution < 1.29 is 12.9 Å². The summed E-state index contributed by atoms with van der Waals surface area (Å²) in [6, 6.07) is 10.2. The summed E-state index contributed by atoms with van der Waals surface area (Å²) in [6.07, 6.45) is 0. The van der Waals surface area contributed by atoms with Crippen LogP contribution in [0.5, 0.6) is 0 Å². The van der Waals surface area contributed by atoms with Crippen LogP contribution in [-0.2, 0) is 16.6 Å². The molecule has 1 aromatic carbocycles. The predicted molar refractivity (Wildman–Crippen MR) is 83.1 cm³/mol. The summed E-state index contributed by atoms with van der Waals surface area (Å²) >= 11 is 7.04. The van der Waals surface area contributed by atoms with E-state index in [1.165, 1.54) is 6.07 Å². The van der Waals surface area contributed by atoms with Crippen molar-refractivity contribution in [2.45, 2.75) is 10.8 Å². The van der Waals surface area contributed by atoms with E-state index in [2.05, 4.69) is 14.9 Å². The summed E-state index contributed by atoms with van der Waals surface area (Å²) in [4.78, 5) is 4.15. The number of hydrogen-bond acceptors (Lipinski definition) is 6. The van der Waals surface area contributed by atoms with E-state index in [4.69, 9.17) is 16.1 Å². The van der Waals surface area contributed by atoms with Gasteiger partial charge < -0.3 is 4.52 Å². The summed E-state index contributed by atoms with van der Waals surface area (Å²) in [5.41, 5.74) is 0.698. The number of aromatic nitrogens is 2. The third-order valence-electron chi connectivity index (χ3n) is 2.72. The average Bonchev–Trinajstić information content (AvgIpc) is 3.17. The molecule has 0 aliphatic carbocycles. The SMILES string of the molecule is O=S(=O)(NCc1nc(-c2cccc(Cl)c2)no1)c1cccs1. The van der Waals surface area contributed by atoms with Gasteiger partial charge in [0, 0.05) is 10.6 Å².